The zero-order chi connectivity index (χ0) is 24.5. The van der Waals surface area contributed by atoms with E-state index in [0.29, 0.717) is 31.2 Å². The van der Waals surface area contributed by atoms with Crippen LogP contribution in [0.1, 0.15) is 25.7 Å². The van der Waals surface area contributed by atoms with Crippen molar-refractivity contribution in [3.63, 3.8) is 0 Å². The molecule has 1 aliphatic rings. The third-order valence-corrected chi connectivity index (χ3v) is 7.77. The molecule has 1 heterocycles. The minimum Gasteiger partial charge on any atom is -0.328 e. The third kappa shape index (κ3) is 4.98. The van der Waals surface area contributed by atoms with E-state index in [1.165, 1.54) is 34.9 Å². The van der Waals surface area contributed by atoms with Crippen LogP contribution in [0.3, 0.4) is 0 Å². The van der Waals surface area contributed by atoms with Crippen LogP contribution in [0.25, 0.3) is 11.0 Å². The van der Waals surface area contributed by atoms with Crippen LogP contribution in [0.2, 0.25) is 0 Å². The summed E-state index contributed by atoms with van der Waals surface area (Å²) < 4.78 is 44.4. The summed E-state index contributed by atoms with van der Waals surface area (Å²) in [7, 11) is -4.32. The lowest BCUT2D eigenvalue weighted by atomic mass is 9.82. The molecule has 34 heavy (non-hydrogen) atoms. The van der Waals surface area contributed by atoms with E-state index in [2.05, 4.69) is 9.71 Å². The van der Waals surface area contributed by atoms with Crippen molar-refractivity contribution in [2.45, 2.75) is 49.2 Å². The molecule has 0 radical (unpaired) electrons. The van der Waals surface area contributed by atoms with Gasteiger partial charge in [0.2, 0.25) is 10.0 Å². The Morgan fingerprint density at radius 2 is 1.91 bits per heavy atom. The van der Waals surface area contributed by atoms with E-state index in [0.717, 1.165) is 18.3 Å². The van der Waals surface area contributed by atoms with Crippen LogP contribution < -0.4 is 16.0 Å². The molecule has 1 fully saturated rings. The number of nitrogens with one attached hydrogen (secondary N) is 1. The number of hydrogen-bond acceptors (Lipinski definition) is 7. The standard InChI is InChI=1S/C22H24FN5O5S/c23-15-7-10-17-20(11-15)27(22(29)12-25-17)13-18(14-5-8-16(24)9-6-14)26-34(32,33)21-4-2-1-3-19(21)28(30)31/h1-4,7,10-12,14,16,18,26H,5-6,8-9,13,24H2/t14-,16-,18?. The number of fused-ring (bicyclic) bond motifs is 1. The molecular weight excluding hydrogens is 465 g/mol. The first-order valence-corrected chi connectivity index (χ1v) is 12.3. The molecule has 0 saturated heterocycles. The average Bonchev–Trinajstić information content (AvgIpc) is 2.80. The minimum atomic E-state index is -4.32. The van der Waals surface area contributed by atoms with Gasteiger partial charge in [-0.05, 0) is 55.9 Å². The number of rotatable bonds is 7. The molecule has 3 aromatic rings. The summed E-state index contributed by atoms with van der Waals surface area (Å²) in [5.41, 5.74) is 5.57. The zero-order valence-electron chi connectivity index (χ0n) is 18.1. The van der Waals surface area contributed by atoms with Crippen molar-refractivity contribution in [3.8, 4) is 0 Å². The molecule has 0 aliphatic heterocycles. The molecule has 1 aliphatic carbocycles. The second-order valence-electron chi connectivity index (χ2n) is 8.47. The molecule has 12 heteroatoms. The van der Waals surface area contributed by atoms with Crippen LogP contribution >= 0.6 is 0 Å². The van der Waals surface area contributed by atoms with E-state index in [1.807, 2.05) is 0 Å². The average molecular weight is 490 g/mol. The van der Waals surface area contributed by atoms with Crippen molar-refractivity contribution in [3.05, 3.63) is 74.9 Å². The number of nitro groups is 1. The highest BCUT2D eigenvalue weighted by atomic mass is 32.2. The summed E-state index contributed by atoms with van der Waals surface area (Å²) in [5.74, 6) is -0.740. The molecule has 1 aromatic heterocycles. The van der Waals surface area contributed by atoms with Crippen LogP contribution in [-0.4, -0.2) is 35.0 Å². The van der Waals surface area contributed by atoms with Crippen LogP contribution in [0, 0.1) is 21.8 Å². The molecule has 1 atom stereocenters. The van der Waals surface area contributed by atoms with Gasteiger partial charge in [-0.1, -0.05) is 12.1 Å². The summed E-state index contributed by atoms with van der Waals surface area (Å²) >= 11 is 0. The number of aromatic nitrogens is 2. The first-order valence-electron chi connectivity index (χ1n) is 10.8. The van der Waals surface area contributed by atoms with Crippen LogP contribution in [0.15, 0.2) is 58.4 Å². The van der Waals surface area contributed by atoms with Gasteiger partial charge in [-0.25, -0.2) is 22.5 Å². The molecule has 0 amide bonds. The zero-order valence-corrected chi connectivity index (χ0v) is 18.9. The van der Waals surface area contributed by atoms with Gasteiger partial charge in [-0.2, -0.15) is 0 Å². The van der Waals surface area contributed by atoms with E-state index >= 15 is 0 Å². The maximum Gasteiger partial charge on any atom is 0.289 e. The molecule has 0 bridgehead atoms. The first-order chi connectivity index (χ1) is 16.2. The van der Waals surface area contributed by atoms with E-state index in [-0.39, 0.29) is 24.0 Å². The summed E-state index contributed by atoms with van der Waals surface area (Å²) in [4.78, 5) is 26.9. The highest BCUT2D eigenvalue weighted by Crippen LogP contribution is 2.30. The van der Waals surface area contributed by atoms with Gasteiger partial charge in [0, 0.05) is 24.7 Å². The Morgan fingerprint density at radius 3 is 2.62 bits per heavy atom. The maximum atomic E-state index is 14.0. The fourth-order valence-electron chi connectivity index (χ4n) is 4.45. The topological polar surface area (TPSA) is 150 Å². The summed E-state index contributed by atoms with van der Waals surface area (Å²) in [6.07, 6.45) is 3.67. The second kappa shape index (κ2) is 9.57. The highest BCUT2D eigenvalue weighted by Gasteiger charge is 2.33. The summed E-state index contributed by atoms with van der Waals surface area (Å²) in [6.45, 7) is -0.0962. The Morgan fingerprint density at radius 1 is 1.21 bits per heavy atom. The van der Waals surface area contributed by atoms with Crippen LogP contribution in [0.4, 0.5) is 10.1 Å². The van der Waals surface area contributed by atoms with Crippen LogP contribution in [0.5, 0.6) is 0 Å². The van der Waals surface area contributed by atoms with Crippen molar-refractivity contribution < 1.29 is 17.7 Å². The van der Waals surface area contributed by atoms with Gasteiger partial charge >= 0.3 is 0 Å². The number of halogens is 1. The van der Waals surface area contributed by atoms with Gasteiger partial charge in [-0.15, -0.1) is 0 Å². The smallest absolute Gasteiger partial charge is 0.289 e. The molecule has 2 aromatic carbocycles. The first kappa shape index (κ1) is 23.9. The van der Waals surface area contributed by atoms with Crippen molar-refractivity contribution in [1.82, 2.24) is 14.3 Å². The Hall–Kier alpha value is -3.22. The normalized spacial score (nSPS) is 19.7. The monoisotopic (exact) mass is 489 g/mol. The fraction of sp³-hybridized carbons (Fsp3) is 0.364. The fourth-order valence-corrected chi connectivity index (χ4v) is 5.92. The van der Waals surface area contributed by atoms with Crippen LogP contribution in [-0.2, 0) is 16.6 Å². The summed E-state index contributed by atoms with van der Waals surface area (Å²) in [6, 6.07) is 8.12. The number of para-hydroxylation sites is 1. The molecule has 0 spiro atoms. The lowest BCUT2D eigenvalue weighted by molar-refractivity contribution is -0.387. The van der Waals surface area contributed by atoms with Gasteiger partial charge in [0.15, 0.2) is 4.90 Å². The second-order valence-corrected chi connectivity index (χ2v) is 10.1. The van der Waals surface area contributed by atoms with Gasteiger partial charge in [0.1, 0.15) is 5.82 Å². The highest BCUT2D eigenvalue weighted by molar-refractivity contribution is 7.89. The Bertz CT molecular complexity index is 1390. The Balaban J connectivity index is 1.76. The molecule has 3 N–H and O–H groups in total. The third-order valence-electron chi connectivity index (χ3n) is 6.23. The quantitative estimate of drug-likeness (QED) is 0.382. The molecule has 180 valence electrons. The van der Waals surface area contributed by atoms with Crippen molar-refractivity contribution >= 4 is 26.7 Å². The number of benzene rings is 2. The van der Waals surface area contributed by atoms with Crippen molar-refractivity contribution in [2.75, 3.05) is 0 Å². The number of hydrogen-bond donors (Lipinski definition) is 2. The van der Waals surface area contributed by atoms with E-state index in [4.69, 9.17) is 5.73 Å². The molecule has 1 saturated carbocycles. The molecular formula is C22H24FN5O5S. The Kier molecular flexibility index (Phi) is 6.73. The Labute approximate surface area is 194 Å². The lowest BCUT2D eigenvalue weighted by Gasteiger charge is -2.33. The molecule has 4 rings (SSSR count). The van der Waals surface area contributed by atoms with Gasteiger partial charge in [0.05, 0.1) is 22.2 Å². The molecule has 10 nitrogen and oxygen atoms in total. The predicted molar refractivity (Wildman–Crippen MR) is 123 cm³/mol. The number of nitrogens with zero attached hydrogens (tertiary/aromatic N) is 3. The van der Waals surface area contributed by atoms with E-state index < -0.39 is 42.9 Å². The predicted octanol–water partition coefficient (Wildman–Crippen LogP) is 2.31. The van der Waals surface area contributed by atoms with Gasteiger partial charge in [-0.3, -0.25) is 14.9 Å². The van der Waals surface area contributed by atoms with Crippen molar-refractivity contribution in [2.24, 2.45) is 11.7 Å². The largest absolute Gasteiger partial charge is 0.328 e. The molecule has 1 unspecified atom stereocenters. The SMILES string of the molecule is N[C@H]1CC[C@H](C(Cn2c(=O)cnc3ccc(F)cc32)NS(=O)(=O)c2ccccc2[N+](=O)[O-])CC1. The minimum absolute atomic E-state index is 0.00212. The van der Waals surface area contributed by atoms with Crippen molar-refractivity contribution in [1.29, 1.82) is 0 Å². The summed E-state index contributed by atoms with van der Waals surface area (Å²) in [5, 5.41) is 11.4. The maximum absolute atomic E-state index is 14.0. The van der Waals surface area contributed by atoms with Gasteiger partial charge in [0.25, 0.3) is 11.2 Å². The number of sulfonamides is 1. The van der Waals surface area contributed by atoms with E-state index in [9.17, 15) is 27.7 Å². The lowest BCUT2D eigenvalue weighted by Crippen LogP contribution is -2.46. The number of nitro benzene ring substituents is 1. The number of nitrogens with two attached hydrogens (primary N) is 1. The van der Waals surface area contributed by atoms with Gasteiger partial charge < -0.3 is 10.3 Å². The van der Waals surface area contributed by atoms with E-state index in [1.54, 1.807) is 0 Å².